The molecular formula is C32H40N2O5. The number of benzene rings is 3. The number of hydrogen-bond acceptors (Lipinski definition) is 5. The summed E-state index contributed by atoms with van der Waals surface area (Å²) < 4.78 is 11.2. The average molecular weight is 533 g/mol. The monoisotopic (exact) mass is 532 g/mol. The highest BCUT2D eigenvalue weighted by molar-refractivity contribution is 5.85. The van der Waals surface area contributed by atoms with Crippen LogP contribution in [0.2, 0.25) is 0 Å². The molecule has 0 bridgehead atoms. The van der Waals surface area contributed by atoms with Gasteiger partial charge in [0.1, 0.15) is 5.75 Å². The molecule has 0 saturated carbocycles. The third-order valence-electron chi connectivity index (χ3n) is 6.99. The van der Waals surface area contributed by atoms with Crippen molar-refractivity contribution in [3.63, 3.8) is 0 Å². The van der Waals surface area contributed by atoms with E-state index >= 15 is 0 Å². The summed E-state index contributed by atoms with van der Waals surface area (Å²) in [5, 5.41) is 2.44. The second-order valence-electron chi connectivity index (χ2n) is 9.93. The number of nitrogens with zero attached hydrogens (tertiary/aromatic N) is 1. The number of carbonyl (C=O) groups excluding carboxylic acids is 2. The summed E-state index contributed by atoms with van der Waals surface area (Å²) in [6.07, 6.45) is 6.49. The highest BCUT2D eigenvalue weighted by atomic mass is 16.8. The second-order valence-corrected chi connectivity index (χ2v) is 9.93. The zero-order chi connectivity index (χ0) is 27.1. The average Bonchev–Trinajstić information content (AvgIpc) is 2.98. The van der Waals surface area contributed by atoms with Crippen LogP contribution in [-0.4, -0.2) is 49.3 Å². The van der Waals surface area contributed by atoms with E-state index in [-0.39, 0.29) is 18.1 Å². The van der Waals surface area contributed by atoms with Gasteiger partial charge in [-0.2, -0.15) is 0 Å². The Hall–Kier alpha value is -3.42. The van der Waals surface area contributed by atoms with Crippen LogP contribution in [0.4, 0.5) is 0 Å². The maximum absolute atomic E-state index is 13.2. The van der Waals surface area contributed by atoms with E-state index in [0.29, 0.717) is 39.1 Å². The molecule has 1 saturated heterocycles. The van der Waals surface area contributed by atoms with Crippen LogP contribution in [0.3, 0.4) is 0 Å². The second kappa shape index (κ2) is 15.9. The van der Waals surface area contributed by atoms with E-state index in [0.717, 1.165) is 50.7 Å². The van der Waals surface area contributed by atoms with Crippen LogP contribution in [0.15, 0.2) is 72.8 Å². The summed E-state index contributed by atoms with van der Waals surface area (Å²) in [6.45, 7) is 2.32. The van der Waals surface area contributed by atoms with Crippen molar-refractivity contribution in [2.45, 2.75) is 64.1 Å². The highest BCUT2D eigenvalue weighted by Gasteiger charge is 2.16. The number of fused-ring (bicyclic) bond motifs is 1. The Morgan fingerprint density at radius 1 is 0.872 bits per heavy atom. The van der Waals surface area contributed by atoms with Crippen LogP contribution in [0.1, 0.15) is 56.9 Å². The summed E-state index contributed by atoms with van der Waals surface area (Å²) in [5.41, 5.74) is 3.76. The first-order chi connectivity index (χ1) is 19.2. The Kier molecular flexibility index (Phi) is 11.6. The van der Waals surface area contributed by atoms with E-state index in [1.54, 1.807) is 0 Å². The highest BCUT2D eigenvalue weighted by Crippen LogP contribution is 2.20. The minimum Gasteiger partial charge on any atom is -0.493 e. The molecule has 1 N–H and O–H groups in total. The number of hydroxylamine groups is 1. The van der Waals surface area contributed by atoms with Gasteiger partial charge in [-0.25, -0.2) is 10.3 Å². The fraction of sp³-hybridized carbons (Fsp3) is 0.438. The lowest BCUT2D eigenvalue weighted by molar-refractivity contribution is -0.200. The van der Waals surface area contributed by atoms with Crippen LogP contribution in [0.5, 0.6) is 5.75 Å². The van der Waals surface area contributed by atoms with Crippen molar-refractivity contribution in [2.75, 3.05) is 26.3 Å². The van der Waals surface area contributed by atoms with Gasteiger partial charge in [-0.15, -0.1) is 0 Å². The number of ether oxygens (including phenoxy) is 2. The molecule has 7 nitrogen and oxygen atoms in total. The molecule has 208 valence electrons. The van der Waals surface area contributed by atoms with Crippen molar-refractivity contribution in [1.29, 1.82) is 0 Å². The van der Waals surface area contributed by atoms with Crippen molar-refractivity contribution in [1.82, 2.24) is 10.4 Å². The van der Waals surface area contributed by atoms with E-state index in [2.05, 4.69) is 41.9 Å². The van der Waals surface area contributed by atoms with Gasteiger partial charge in [0.15, 0.2) is 6.29 Å². The van der Waals surface area contributed by atoms with Crippen LogP contribution in [-0.2, 0) is 25.6 Å². The molecule has 3 aromatic carbocycles. The molecule has 1 fully saturated rings. The van der Waals surface area contributed by atoms with Crippen LogP contribution < -0.4 is 10.2 Å². The van der Waals surface area contributed by atoms with Gasteiger partial charge in [0.2, 0.25) is 11.8 Å². The molecule has 1 aliphatic rings. The first-order valence-corrected chi connectivity index (χ1v) is 14.2. The molecule has 0 aliphatic carbocycles. The predicted octanol–water partition coefficient (Wildman–Crippen LogP) is 5.81. The number of carbonyl (C=O) groups is 2. The predicted molar refractivity (Wildman–Crippen MR) is 152 cm³/mol. The smallest absolute Gasteiger partial charge is 0.243 e. The van der Waals surface area contributed by atoms with E-state index in [1.807, 2.05) is 41.3 Å². The maximum Gasteiger partial charge on any atom is 0.243 e. The molecule has 7 heteroatoms. The van der Waals surface area contributed by atoms with Crippen molar-refractivity contribution >= 4 is 22.6 Å². The minimum atomic E-state index is -0.338. The SMILES string of the molecule is O=C(CCCCCN(CCc1cccc2ccccc12)C(=O)CCOc1ccccc1)NOC1CCCCO1. The number of hydrogen-bond donors (Lipinski definition) is 1. The quantitative estimate of drug-likeness (QED) is 0.197. The minimum absolute atomic E-state index is 0.0878. The lowest BCUT2D eigenvalue weighted by Crippen LogP contribution is -2.35. The number of nitrogens with one attached hydrogen (secondary N) is 1. The van der Waals surface area contributed by atoms with Gasteiger partial charge in [-0.1, -0.05) is 67.1 Å². The first-order valence-electron chi connectivity index (χ1n) is 14.2. The van der Waals surface area contributed by atoms with E-state index < -0.39 is 0 Å². The van der Waals surface area contributed by atoms with E-state index in [9.17, 15) is 9.59 Å². The lowest BCUT2D eigenvalue weighted by atomic mass is 10.0. The number of para-hydroxylation sites is 1. The first kappa shape index (κ1) is 28.6. The van der Waals surface area contributed by atoms with Crippen molar-refractivity contribution < 1.29 is 23.9 Å². The molecule has 0 aromatic heterocycles. The van der Waals surface area contributed by atoms with Crippen molar-refractivity contribution in [3.05, 3.63) is 78.4 Å². The molecule has 0 spiro atoms. The molecular weight excluding hydrogens is 492 g/mol. The number of rotatable bonds is 15. The van der Waals surface area contributed by atoms with Crippen molar-refractivity contribution in [2.24, 2.45) is 0 Å². The summed E-state index contributed by atoms with van der Waals surface area (Å²) >= 11 is 0. The Morgan fingerprint density at radius 3 is 2.54 bits per heavy atom. The topological polar surface area (TPSA) is 77.1 Å². The van der Waals surface area contributed by atoms with Gasteiger partial charge < -0.3 is 14.4 Å². The van der Waals surface area contributed by atoms with Crippen LogP contribution >= 0.6 is 0 Å². The van der Waals surface area contributed by atoms with Gasteiger partial charge in [0.05, 0.1) is 13.0 Å². The summed E-state index contributed by atoms with van der Waals surface area (Å²) in [7, 11) is 0. The van der Waals surface area contributed by atoms with Crippen LogP contribution in [0.25, 0.3) is 10.8 Å². The maximum atomic E-state index is 13.2. The standard InChI is InChI=1S/C32H40N2O5/c35-30(33-39-32-19-8-10-24-38-32)18-5-2-9-22-34(31(36)21-25-37-28-15-3-1-4-16-28)23-20-27-14-11-13-26-12-6-7-17-29(26)27/h1,3-4,6-7,11-17,32H,2,5,8-10,18-25H2,(H,33,35). The Balaban J connectivity index is 1.23. The zero-order valence-electron chi connectivity index (χ0n) is 22.7. The largest absolute Gasteiger partial charge is 0.493 e. The fourth-order valence-corrected chi connectivity index (χ4v) is 4.81. The zero-order valence-corrected chi connectivity index (χ0v) is 22.7. The Bertz CT molecular complexity index is 1160. The summed E-state index contributed by atoms with van der Waals surface area (Å²) in [6, 6.07) is 24.3. The molecule has 0 radical (unpaired) electrons. The molecule has 1 heterocycles. The molecule has 4 rings (SSSR count). The van der Waals surface area contributed by atoms with E-state index in [1.165, 1.54) is 16.3 Å². The molecule has 1 unspecified atom stereocenters. The van der Waals surface area contributed by atoms with Gasteiger partial charge in [-0.05, 0) is 60.6 Å². The van der Waals surface area contributed by atoms with Crippen LogP contribution in [0, 0.1) is 0 Å². The Morgan fingerprint density at radius 2 is 1.69 bits per heavy atom. The summed E-state index contributed by atoms with van der Waals surface area (Å²) in [4.78, 5) is 32.6. The molecule has 1 aliphatic heterocycles. The van der Waals surface area contributed by atoms with Gasteiger partial charge >= 0.3 is 0 Å². The third kappa shape index (κ3) is 9.68. The van der Waals surface area contributed by atoms with E-state index in [4.69, 9.17) is 14.3 Å². The van der Waals surface area contributed by atoms with Gasteiger partial charge in [-0.3, -0.25) is 9.59 Å². The normalized spacial score (nSPS) is 15.1. The van der Waals surface area contributed by atoms with Gasteiger partial charge in [0.25, 0.3) is 0 Å². The van der Waals surface area contributed by atoms with Gasteiger partial charge in [0, 0.05) is 32.5 Å². The fourth-order valence-electron chi connectivity index (χ4n) is 4.81. The number of amides is 2. The third-order valence-corrected chi connectivity index (χ3v) is 6.99. The molecule has 3 aromatic rings. The molecule has 1 atom stereocenters. The summed E-state index contributed by atoms with van der Waals surface area (Å²) in [5.74, 6) is 0.723. The molecule has 39 heavy (non-hydrogen) atoms. The molecule has 2 amide bonds. The number of unbranched alkanes of at least 4 members (excludes halogenated alkanes) is 2. The lowest BCUT2D eigenvalue weighted by Gasteiger charge is -2.23. The Labute approximate surface area is 231 Å². The van der Waals surface area contributed by atoms with Crippen molar-refractivity contribution in [3.8, 4) is 5.75 Å².